The van der Waals surface area contributed by atoms with Crippen LogP contribution in [0.15, 0.2) is 53.5 Å². The van der Waals surface area contributed by atoms with Crippen LogP contribution in [0.3, 0.4) is 0 Å². The van der Waals surface area contributed by atoms with Crippen molar-refractivity contribution < 1.29 is 4.74 Å². The minimum absolute atomic E-state index is 0. The van der Waals surface area contributed by atoms with Crippen molar-refractivity contribution in [3.63, 3.8) is 0 Å². The summed E-state index contributed by atoms with van der Waals surface area (Å²) in [5, 5.41) is 15.3. The van der Waals surface area contributed by atoms with Gasteiger partial charge in [-0.2, -0.15) is 5.26 Å². The summed E-state index contributed by atoms with van der Waals surface area (Å²) in [5.74, 6) is 1.56. The topological polar surface area (TPSA) is 69.4 Å². The van der Waals surface area contributed by atoms with Gasteiger partial charge in [0.2, 0.25) is 0 Å². The molecule has 126 valence electrons. The summed E-state index contributed by atoms with van der Waals surface area (Å²) < 4.78 is 5.22. The Labute approximate surface area is 159 Å². The van der Waals surface area contributed by atoms with Gasteiger partial charge in [-0.05, 0) is 35.4 Å². The Morgan fingerprint density at radius 2 is 1.75 bits per heavy atom. The first kappa shape index (κ1) is 19.8. The van der Waals surface area contributed by atoms with Crippen molar-refractivity contribution in [3.05, 3.63) is 65.2 Å². The maximum absolute atomic E-state index is 8.80. The molecule has 24 heavy (non-hydrogen) atoms. The van der Waals surface area contributed by atoms with Gasteiger partial charge in [-0.25, -0.2) is 0 Å². The number of rotatable bonds is 5. The van der Waals surface area contributed by atoms with E-state index < -0.39 is 0 Å². The van der Waals surface area contributed by atoms with E-state index in [2.05, 4.69) is 21.7 Å². The minimum Gasteiger partial charge on any atom is -0.497 e. The van der Waals surface area contributed by atoms with Gasteiger partial charge in [0.05, 0.1) is 18.7 Å². The smallest absolute Gasteiger partial charge is 0.191 e. The lowest BCUT2D eigenvalue weighted by atomic mass is 10.1. The van der Waals surface area contributed by atoms with Gasteiger partial charge >= 0.3 is 0 Å². The van der Waals surface area contributed by atoms with Crippen LogP contribution < -0.4 is 15.4 Å². The van der Waals surface area contributed by atoms with E-state index in [1.807, 2.05) is 48.5 Å². The number of ether oxygens (including phenoxy) is 1. The highest BCUT2D eigenvalue weighted by atomic mass is 127. The quantitative estimate of drug-likeness (QED) is 0.430. The summed E-state index contributed by atoms with van der Waals surface area (Å²) in [5.41, 5.74) is 2.87. The van der Waals surface area contributed by atoms with Gasteiger partial charge in [-0.3, -0.25) is 4.99 Å². The fourth-order valence-electron chi connectivity index (χ4n) is 2.07. The Morgan fingerprint density at radius 3 is 2.33 bits per heavy atom. The van der Waals surface area contributed by atoms with Crippen LogP contribution in [-0.2, 0) is 13.1 Å². The lowest BCUT2D eigenvalue weighted by Gasteiger charge is -2.12. The van der Waals surface area contributed by atoms with E-state index in [0.717, 1.165) is 22.8 Å². The molecule has 0 amide bonds. The third-order valence-electron chi connectivity index (χ3n) is 3.36. The number of nitrogens with zero attached hydrogens (tertiary/aromatic N) is 2. The van der Waals surface area contributed by atoms with Crippen molar-refractivity contribution in [1.29, 1.82) is 5.26 Å². The number of nitriles is 1. The van der Waals surface area contributed by atoms with Crippen LogP contribution in [-0.4, -0.2) is 20.1 Å². The van der Waals surface area contributed by atoms with Crippen LogP contribution in [0.2, 0.25) is 0 Å². The third kappa shape index (κ3) is 6.08. The largest absolute Gasteiger partial charge is 0.497 e. The maximum atomic E-state index is 8.80. The lowest BCUT2D eigenvalue weighted by Crippen LogP contribution is -2.36. The van der Waals surface area contributed by atoms with Gasteiger partial charge in [0, 0.05) is 20.1 Å². The van der Waals surface area contributed by atoms with E-state index in [0.29, 0.717) is 18.7 Å². The molecule has 0 bridgehead atoms. The molecule has 0 radical (unpaired) electrons. The van der Waals surface area contributed by atoms with E-state index in [4.69, 9.17) is 10.00 Å². The fraction of sp³-hybridized carbons (Fsp3) is 0.222. The first-order valence-corrected chi connectivity index (χ1v) is 7.31. The van der Waals surface area contributed by atoms with Crippen LogP contribution in [0.1, 0.15) is 16.7 Å². The predicted octanol–water partition coefficient (Wildman–Crippen LogP) is 3.05. The number of halogens is 1. The average molecular weight is 436 g/mol. The molecule has 0 heterocycles. The SMILES string of the molecule is CN=C(NCc1ccc(C#N)cc1)NCc1cccc(OC)c1.I. The molecular weight excluding hydrogens is 415 g/mol. The highest BCUT2D eigenvalue weighted by Gasteiger charge is 2.00. The molecule has 6 heteroatoms. The van der Waals surface area contributed by atoms with Crippen molar-refractivity contribution in [2.45, 2.75) is 13.1 Å². The standard InChI is InChI=1S/C18H20N4O.HI/c1-20-18(21-12-15-8-6-14(11-19)7-9-15)22-13-16-4-3-5-17(10-16)23-2;/h3-10H,12-13H2,1-2H3,(H2,20,21,22);1H. The van der Waals surface area contributed by atoms with E-state index in [-0.39, 0.29) is 24.0 Å². The molecular formula is C18H21IN4O. The Hall–Kier alpha value is -2.27. The Kier molecular flexibility index (Phi) is 8.65. The summed E-state index contributed by atoms with van der Waals surface area (Å²) in [4.78, 5) is 4.21. The fourth-order valence-corrected chi connectivity index (χ4v) is 2.07. The first-order chi connectivity index (χ1) is 11.2. The van der Waals surface area contributed by atoms with Crippen LogP contribution in [0.25, 0.3) is 0 Å². The molecule has 5 nitrogen and oxygen atoms in total. The molecule has 0 aliphatic heterocycles. The Bertz CT molecular complexity index is 708. The van der Waals surface area contributed by atoms with Crippen LogP contribution in [0.5, 0.6) is 5.75 Å². The number of aliphatic imine (C=N–C) groups is 1. The summed E-state index contributed by atoms with van der Waals surface area (Å²) in [6.45, 7) is 1.30. The molecule has 2 aromatic rings. The number of nitrogens with one attached hydrogen (secondary N) is 2. The maximum Gasteiger partial charge on any atom is 0.191 e. The molecule has 0 fully saturated rings. The van der Waals surface area contributed by atoms with Crippen molar-refractivity contribution >= 4 is 29.9 Å². The summed E-state index contributed by atoms with van der Waals surface area (Å²) >= 11 is 0. The van der Waals surface area contributed by atoms with Gasteiger partial charge in [0.1, 0.15) is 5.75 Å². The second kappa shape index (κ2) is 10.5. The molecule has 0 aromatic heterocycles. The normalized spacial score (nSPS) is 10.3. The van der Waals surface area contributed by atoms with Gasteiger partial charge in [0.15, 0.2) is 5.96 Å². The van der Waals surface area contributed by atoms with E-state index in [1.165, 1.54) is 0 Å². The zero-order valence-electron chi connectivity index (χ0n) is 13.7. The number of methoxy groups -OCH3 is 1. The first-order valence-electron chi connectivity index (χ1n) is 7.31. The van der Waals surface area contributed by atoms with E-state index in [1.54, 1.807) is 14.2 Å². The van der Waals surface area contributed by atoms with Crippen LogP contribution >= 0.6 is 24.0 Å². The summed E-state index contributed by atoms with van der Waals surface area (Å²) in [6.07, 6.45) is 0. The molecule has 0 spiro atoms. The second-order valence-corrected chi connectivity index (χ2v) is 4.94. The zero-order chi connectivity index (χ0) is 16.5. The van der Waals surface area contributed by atoms with Crippen LogP contribution in [0, 0.1) is 11.3 Å². The van der Waals surface area contributed by atoms with Gasteiger partial charge < -0.3 is 15.4 Å². The zero-order valence-corrected chi connectivity index (χ0v) is 16.1. The van der Waals surface area contributed by atoms with E-state index >= 15 is 0 Å². The highest BCUT2D eigenvalue weighted by molar-refractivity contribution is 14.0. The van der Waals surface area contributed by atoms with E-state index in [9.17, 15) is 0 Å². The average Bonchev–Trinajstić information content (AvgIpc) is 2.62. The minimum atomic E-state index is 0. The Morgan fingerprint density at radius 1 is 1.08 bits per heavy atom. The molecule has 0 saturated heterocycles. The van der Waals surface area contributed by atoms with Gasteiger partial charge in [0.25, 0.3) is 0 Å². The molecule has 0 saturated carbocycles. The highest BCUT2D eigenvalue weighted by Crippen LogP contribution is 2.12. The molecule has 0 atom stereocenters. The molecule has 0 aliphatic rings. The number of hydrogen-bond donors (Lipinski definition) is 2. The van der Waals surface area contributed by atoms with Crippen LogP contribution in [0.4, 0.5) is 0 Å². The van der Waals surface area contributed by atoms with Crippen molar-refractivity contribution in [3.8, 4) is 11.8 Å². The molecule has 0 unspecified atom stereocenters. The second-order valence-electron chi connectivity index (χ2n) is 4.94. The molecule has 2 N–H and O–H groups in total. The Balaban J connectivity index is 0.00000288. The molecule has 2 aromatic carbocycles. The number of benzene rings is 2. The van der Waals surface area contributed by atoms with Crippen molar-refractivity contribution in [1.82, 2.24) is 10.6 Å². The number of guanidine groups is 1. The molecule has 2 rings (SSSR count). The lowest BCUT2D eigenvalue weighted by molar-refractivity contribution is 0.414. The summed E-state index contributed by atoms with van der Waals surface area (Å²) in [7, 11) is 3.39. The van der Waals surface area contributed by atoms with Crippen molar-refractivity contribution in [2.75, 3.05) is 14.2 Å². The van der Waals surface area contributed by atoms with Gasteiger partial charge in [-0.1, -0.05) is 24.3 Å². The summed E-state index contributed by atoms with van der Waals surface area (Å²) in [6, 6.07) is 17.5. The predicted molar refractivity (Wildman–Crippen MR) is 107 cm³/mol. The number of hydrogen-bond acceptors (Lipinski definition) is 3. The van der Waals surface area contributed by atoms with Gasteiger partial charge in [-0.15, -0.1) is 24.0 Å². The monoisotopic (exact) mass is 436 g/mol. The van der Waals surface area contributed by atoms with Crippen molar-refractivity contribution in [2.24, 2.45) is 4.99 Å². The molecule has 0 aliphatic carbocycles. The third-order valence-corrected chi connectivity index (χ3v) is 3.36.